The number of hydrogen-bond acceptors (Lipinski definition) is 4. The van der Waals surface area contributed by atoms with Gasteiger partial charge in [0.05, 0.1) is 18.4 Å². The molecule has 0 aromatic carbocycles. The lowest BCUT2D eigenvalue weighted by atomic mass is 10.1. The highest BCUT2D eigenvalue weighted by molar-refractivity contribution is 6.32. The molecular formula is C15H23ClN4O. The number of anilines is 1. The molecule has 0 bridgehead atoms. The van der Waals surface area contributed by atoms with E-state index in [1.165, 1.54) is 30.4 Å². The predicted octanol–water partition coefficient (Wildman–Crippen LogP) is 2.06. The summed E-state index contributed by atoms with van der Waals surface area (Å²) < 4.78 is 1.44. The van der Waals surface area contributed by atoms with Gasteiger partial charge in [-0.1, -0.05) is 11.6 Å². The summed E-state index contributed by atoms with van der Waals surface area (Å²) in [7, 11) is 3.94. The first-order valence-electron chi connectivity index (χ1n) is 7.73. The number of nitrogens with one attached hydrogen (secondary N) is 1. The van der Waals surface area contributed by atoms with E-state index < -0.39 is 0 Å². The van der Waals surface area contributed by atoms with Crippen LogP contribution in [-0.2, 0) is 6.54 Å². The Bertz CT molecular complexity index is 551. The number of nitrogens with zero attached hydrogens (tertiary/aromatic N) is 3. The first-order valence-corrected chi connectivity index (χ1v) is 8.11. The van der Waals surface area contributed by atoms with Crippen LogP contribution in [0, 0.1) is 11.8 Å². The van der Waals surface area contributed by atoms with Crippen LogP contribution in [0.5, 0.6) is 0 Å². The number of aromatic nitrogens is 2. The molecule has 2 saturated carbocycles. The minimum absolute atomic E-state index is 0.200. The first-order chi connectivity index (χ1) is 10.1. The van der Waals surface area contributed by atoms with Crippen molar-refractivity contribution in [1.82, 2.24) is 14.7 Å². The second-order valence-corrected chi connectivity index (χ2v) is 6.93. The summed E-state index contributed by atoms with van der Waals surface area (Å²) >= 11 is 6.26. The van der Waals surface area contributed by atoms with E-state index in [1.54, 1.807) is 6.20 Å². The minimum Gasteiger partial charge on any atom is -0.379 e. The van der Waals surface area contributed by atoms with E-state index in [2.05, 4.69) is 10.4 Å². The van der Waals surface area contributed by atoms with Gasteiger partial charge in [-0.15, -0.1) is 0 Å². The Morgan fingerprint density at radius 3 is 2.52 bits per heavy atom. The van der Waals surface area contributed by atoms with Gasteiger partial charge >= 0.3 is 0 Å². The smallest absolute Gasteiger partial charge is 0.287 e. The first kappa shape index (κ1) is 14.9. The fourth-order valence-electron chi connectivity index (χ4n) is 2.73. The van der Waals surface area contributed by atoms with E-state index in [0.29, 0.717) is 18.3 Å². The summed E-state index contributed by atoms with van der Waals surface area (Å²) in [6.45, 7) is 1.32. The van der Waals surface area contributed by atoms with Gasteiger partial charge < -0.3 is 10.2 Å². The van der Waals surface area contributed by atoms with Crippen LogP contribution in [0.15, 0.2) is 11.0 Å². The maximum atomic E-state index is 12.3. The molecule has 0 spiro atoms. The maximum Gasteiger partial charge on any atom is 0.287 e. The Morgan fingerprint density at radius 2 is 2.00 bits per heavy atom. The molecule has 0 atom stereocenters. The zero-order valence-electron chi connectivity index (χ0n) is 12.7. The van der Waals surface area contributed by atoms with Crippen molar-refractivity contribution >= 4 is 17.3 Å². The van der Waals surface area contributed by atoms with Gasteiger partial charge in [0.1, 0.15) is 5.02 Å². The van der Waals surface area contributed by atoms with Crippen molar-refractivity contribution in [3.8, 4) is 0 Å². The molecule has 1 N–H and O–H groups in total. The van der Waals surface area contributed by atoms with Gasteiger partial charge in [0.15, 0.2) is 0 Å². The van der Waals surface area contributed by atoms with Crippen molar-refractivity contribution < 1.29 is 0 Å². The molecule has 0 saturated heterocycles. The zero-order valence-corrected chi connectivity index (χ0v) is 13.4. The number of hydrogen-bond donors (Lipinski definition) is 1. The lowest BCUT2D eigenvalue weighted by Gasteiger charge is -2.20. The van der Waals surface area contributed by atoms with Gasteiger partial charge in [0, 0.05) is 12.6 Å². The molecule has 21 heavy (non-hydrogen) atoms. The molecule has 2 fully saturated rings. The molecule has 2 aliphatic rings. The van der Waals surface area contributed by atoms with E-state index in [1.807, 2.05) is 19.0 Å². The molecule has 3 rings (SSSR count). The standard InChI is InChI=1S/C15H23ClN4O/c1-19(2)7-8-20-15(21)13(16)12(9-17-20)18-14(10-3-4-10)11-5-6-11/h9-11,14,18H,3-8H2,1-2H3. The third-order valence-electron chi connectivity index (χ3n) is 4.33. The van der Waals surface area contributed by atoms with Crippen LogP contribution in [0.25, 0.3) is 0 Å². The second-order valence-electron chi connectivity index (χ2n) is 6.55. The van der Waals surface area contributed by atoms with E-state index in [4.69, 9.17) is 11.6 Å². The largest absolute Gasteiger partial charge is 0.379 e. The normalized spacial score (nSPS) is 18.5. The predicted molar refractivity (Wildman–Crippen MR) is 84.9 cm³/mol. The lowest BCUT2D eigenvalue weighted by Crippen LogP contribution is -2.31. The summed E-state index contributed by atoms with van der Waals surface area (Å²) in [5.41, 5.74) is 0.500. The number of halogens is 1. The molecule has 6 heteroatoms. The van der Waals surface area contributed by atoms with E-state index >= 15 is 0 Å². The third-order valence-corrected chi connectivity index (χ3v) is 4.69. The van der Waals surface area contributed by atoms with Gasteiger partial charge in [-0.25, -0.2) is 4.68 Å². The molecule has 0 unspecified atom stereocenters. The van der Waals surface area contributed by atoms with E-state index in [9.17, 15) is 4.79 Å². The minimum atomic E-state index is -0.200. The monoisotopic (exact) mass is 310 g/mol. The van der Waals surface area contributed by atoms with Crippen LogP contribution in [0.1, 0.15) is 25.7 Å². The summed E-state index contributed by atoms with van der Waals surface area (Å²) in [5.74, 6) is 1.51. The second kappa shape index (κ2) is 5.97. The van der Waals surface area contributed by atoms with Crippen LogP contribution >= 0.6 is 11.6 Å². The highest BCUT2D eigenvalue weighted by atomic mass is 35.5. The van der Waals surface area contributed by atoms with Crippen molar-refractivity contribution in [1.29, 1.82) is 0 Å². The molecule has 116 valence electrons. The topological polar surface area (TPSA) is 50.2 Å². The van der Waals surface area contributed by atoms with Crippen molar-refractivity contribution in [2.75, 3.05) is 26.0 Å². The van der Waals surface area contributed by atoms with Gasteiger partial charge in [-0.05, 0) is 51.6 Å². The van der Waals surface area contributed by atoms with Crippen molar-refractivity contribution in [3.63, 3.8) is 0 Å². The molecule has 1 aromatic rings. The summed E-state index contributed by atoms with van der Waals surface area (Å²) in [6, 6.07) is 0.473. The van der Waals surface area contributed by atoms with Gasteiger partial charge in [0.25, 0.3) is 5.56 Å². The Balaban J connectivity index is 1.73. The van der Waals surface area contributed by atoms with Gasteiger partial charge in [0.2, 0.25) is 0 Å². The van der Waals surface area contributed by atoms with E-state index in [0.717, 1.165) is 18.4 Å². The Morgan fingerprint density at radius 1 is 1.38 bits per heavy atom. The SMILES string of the molecule is CN(C)CCn1ncc(NC(C2CC2)C2CC2)c(Cl)c1=O. The van der Waals surface area contributed by atoms with Gasteiger partial charge in [-0.3, -0.25) is 4.79 Å². The van der Waals surface area contributed by atoms with Crippen molar-refractivity contribution in [2.24, 2.45) is 11.8 Å². The van der Waals surface area contributed by atoms with Crippen molar-refractivity contribution in [3.05, 3.63) is 21.6 Å². The zero-order chi connectivity index (χ0) is 15.0. The van der Waals surface area contributed by atoms with Crippen LogP contribution in [-0.4, -0.2) is 41.4 Å². The van der Waals surface area contributed by atoms with Gasteiger partial charge in [-0.2, -0.15) is 5.10 Å². The summed E-state index contributed by atoms with van der Waals surface area (Å²) in [4.78, 5) is 14.3. The summed E-state index contributed by atoms with van der Waals surface area (Å²) in [5, 5.41) is 8.01. The highest BCUT2D eigenvalue weighted by Crippen LogP contribution is 2.46. The molecule has 5 nitrogen and oxygen atoms in total. The molecular weight excluding hydrogens is 288 g/mol. The quantitative estimate of drug-likeness (QED) is 0.837. The molecule has 2 aliphatic carbocycles. The Kier molecular flexibility index (Phi) is 4.22. The number of rotatable bonds is 7. The number of likely N-dealkylation sites (N-methyl/N-ethyl adjacent to an activating group) is 1. The Labute approximate surface area is 130 Å². The molecule has 1 aromatic heterocycles. The summed E-state index contributed by atoms with van der Waals surface area (Å²) in [6.07, 6.45) is 6.87. The molecule has 0 amide bonds. The van der Waals surface area contributed by atoms with Crippen LogP contribution in [0.3, 0.4) is 0 Å². The molecule has 0 aliphatic heterocycles. The molecule has 0 radical (unpaired) electrons. The lowest BCUT2D eigenvalue weighted by molar-refractivity contribution is 0.367. The average Bonchev–Trinajstić information content (AvgIpc) is 3.32. The maximum absolute atomic E-state index is 12.3. The highest BCUT2D eigenvalue weighted by Gasteiger charge is 2.41. The fourth-order valence-corrected chi connectivity index (χ4v) is 2.93. The van der Waals surface area contributed by atoms with Crippen LogP contribution in [0.4, 0.5) is 5.69 Å². The average molecular weight is 311 g/mol. The third kappa shape index (κ3) is 3.58. The van der Waals surface area contributed by atoms with Crippen molar-refractivity contribution in [2.45, 2.75) is 38.3 Å². The Hall–Kier alpha value is -1.07. The molecule has 1 heterocycles. The van der Waals surface area contributed by atoms with E-state index in [-0.39, 0.29) is 10.6 Å². The van der Waals surface area contributed by atoms with Crippen LogP contribution < -0.4 is 10.9 Å². The van der Waals surface area contributed by atoms with Crippen LogP contribution in [0.2, 0.25) is 5.02 Å². The fraction of sp³-hybridized carbons (Fsp3) is 0.733.